The van der Waals surface area contributed by atoms with E-state index in [0.717, 1.165) is 19.1 Å². The third-order valence-electron chi connectivity index (χ3n) is 1.78. The summed E-state index contributed by atoms with van der Waals surface area (Å²) in [6.45, 7) is 6.48. The van der Waals surface area contributed by atoms with Crippen molar-refractivity contribution in [1.82, 2.24) is 0 Å². The predicted molar refractivity (Wildman–Crippen MR) is 64.5 cm³/mol. The van der Waals surface area contributed by atoms with Gasteiger partial charge in [-0.15, -0.1) is 0 Å². The lowest BCUT2D eigenvalue weighted by molar-refractivity contribution is -0.107. The van der Waals surface area contributed by atoms with Crippen LogP contribution in [0.1, 0.15) is 65.7 Å². The second-order valence-corrected chi connectivity index (χ2v) is 3.33. The van der Waals surface area contributed by atoms with Gasteiger partial charge in [-0.05, 0) is 19.3 Å². The highest BCUT2D eigenvalue weighted by Crippen LogP contribution is 1.94. The summed E-state index contributed by atoms with van der Waals surface area (Å²) in [7, 11) is 0. The summed E-state index contributed by atoms with van der Waals surface area (Å²) in [5.41, 5.74) is 0. The maximum Gasteiger partial charge on any atom is 0.119 e. The summed E-state index contributed by atoms with van der Waals surface area (Å²) in [5, 5.41) is 0. The van der Waals surface area contributed by atoms with Gasteiger partial charge in [0.1, 0.15) is 6.29 Å². The van der Waals surface area contributed by atoms with Crippen molar-refractivity contribution < 1.29 is 4.79 Å². The Labute approximate surface area is 89.6 Å². The van der Waals surface area contributed by atoms with Gasteiger partial charge in [0.15, 0.2) is 0 Å². The number of rotatable bonds is 7. The Hall–Kier alpha value is -0.590. The van der Waals surface area contributed by atoms with Crippen LogP contribution in [0.4, 0.5) is 0 Å². The lowest BCUT2D eigenvalue weighted by Crippen LogP contribution is -1.73. The molecule has 14 heavy (non-hydrogen) atoms. The maximum atomic E-state index is 9.68. The van der Waals surface area contributed by atoms with E-state index < -0.39 is 0 Å². The first-order chi connectivity index (χ1) is 6.83. The van der Waals surface area contributed by atoms with E-state index in [1.54, 1.807) is 0 Å². The minimum atomic E-state index is 0.744. The minimum Gasteiger partial charge on any atom is -0.303 e. The van der Waals surface area contributed by atoms with Gasteiger partial charge in [0, 0.05) is 6.42 Å². The maximum absolute atomic E-state index is 9.68. The van der Waals surface area contributed by atoms with Gasteiger partial charge >= 0.3 is 0 Å². The highest BCUT2D eigenvalue weighted by atomic mass is 16.1. The normalized spacial score (nSPS) is 9.64. The standard InChI is InChI=1S/C7H14.C6H12O/c1-3-5-7-6-4-2;1-2-3-4-5-6-7/h5,7H,3-4,6H2,1-2H3;6H,2-5H2,1H3/b7-5-;. The molecular weight excluding hydrogens is 172 g/mol. The quantitative estimate of drug-likeness (QED) is 0.334. The molecule has 84 valence electrons. The van der Waals surface area contributed by atoms with Crippen LogP contribution in [-0.2, 0) is 4.79 Å². The van der Waals surface area contributed by atoms with Gasteiger partial charge in [0.2, 0.25) is 0 Å². The van der Waals surface area contributed by atoms with Crippen LogP contribution in [0.5, 0.6) is 0 Å². The van der Waals surface area contributed by atoms with E-state index in [2.05, 4.69) is 32.9 Å². The highest BCUT2D eigenvalue weighted by Gasteiger charge is 1.80. The van der Waals surface area contributed by atoms with Crippen molar-refractivity contribution in [2.45, 2.75) is 65.7 Å². The fourth-order valence-electron chi connectivity index (χ4n) is 0.929. The molecule has 0 fully saturated rings. The van der Waals surface area contributed by atoms with Crippen LogP contribution in [-0.4, -0.2) is 6.29 Å². The van der Waals surface area contributed by atoms with E-state index in [1.807, 2.05) is 0 Å². The third kappa shape index (κ3) is 22.5. The molecule has 0 atom stereocenters. The van der Waals surface area contributed by atoms with Crippen molar-refractivity contribution in [1.29, 1.82) is 0 Å². The van der Waals surface area contributed by atoms with Crippen molar-refractivity contribution in [2.24, 2.45) is 0 Å². The Kier molecular flexibility index (Phi) is 20.7. The second kappa shape index (κ2) is 18.2. The van der Waals surface area contributed by atoms with E-state index in [9.17, 15) is 4.79 Å². The van der Waals surface area contributed by atoms with Crippen LogP contribution < -0.4 is 0 Å². The van der Waals surface area contributed by atoms with Crippen LogP contribution in [0.2, 0.25) is 0 Å². The van der Waals surface area contributed by atoms with E-state index in [0.29, 0.717) is 0 Å². The SMILES string of the molecule is CC/C=C\CCC.CCCCCC=O. The largest absolute Gasteiger partial charge is 0.303 e. The number of unbranched alkanes of at least 4 members (excludes halogenated alkanes) is 4. The molecule has 0 aliphatic carbocycles. The number of allylic oxidation sites excluding steroid dienone is 2. The molecule has 0 N–H and O–H groups in total. The lowest BCUT2D eigenvalue weighted by atomic mass is 10.2. The molecular formula is C13H26O. The average Bonchev–Trinajstić information content (AvgIpc) is 2.21. The zero-order chi connectivity index (χ0) is 11.1. The van der Waals surface area contributed by atoms with Gasteiger partial charge in [-0.25, -0.2) is 0 Å². The molecule has 0 saturated heterocycles. The lowest BCUT2D eigenvalue weighted by Gasteiger charge is -1.85. The second-order valence-electron chi connectivity index (χ2n) is 3.33. The Morgan fingerprint density at radius 1 is 0.857 bits per heavy atom. The van der Waals surface area contributed by atoms with Crippen LogP contribution in [0.3, 0.4) is 0 Å². The number of hydrogen-bond donors (Lipinski definition) is 0. The monoisotopic (exact) mass is 198 g/mol. The summed E-state index contributed by atoms with van der Waals surface area (Å²) in [6, 6.07) is 0. The van der Waals surface area contributed by atoms with Crippen molar-refractivity contribution in [3.8, 4) is 0 Å². The molecule has 0 unspecified atom stereocenters. The van der Waals surface area contributed by atoms with Gasteiger partial charge in [0.05, 0.1) is 0 Å². The Balaban J connectivity index is 0. The molecule has 0 aromatic carbocycles. The van der Waals surface area contributed by atoms with Crippen LogP contribution >= 0.6 is 0 Å². The summed E-state index contributed by atoms with van der Waals surface area (Å²) in [4.78, 5) is 9.68. The average molecular weight is 198 g/mol. The van der Waals surface area contributed by atoms with Gasteiger partial charge in [-0.1, -0.05) is 52.2 Å². The molecule has 0 aliphatic rings. The minimum absolute atomic E-state index is 0.744. The zero-order valence-corrected chi connectivity index (χ0v) is 10.1. The summed E-state index contributed by atoms with van der Waals surface area (Å²) in [6.07, 6.45) is 13.3. The first-order valence-corrected chi connectivity index (χ1v) is 5.92. The predicted octanol–water partition coefficient (Wildman–Crippen LogP) is 4.52. The van der Waals surface area contributed by atoms with Crippen LogP contribution in [0, 0.1) is 0 Å². The molecule has 0 radical (unpaired) electrons. The molecule has 0 spiro atoms. The van der Waals surface area contributed by atoms with Crippen LogP contribution in [0.15, 0.2) is 12.2 Å². The summed E-state index contributed by atoms with van der Waals surface area (Å²) >= 11 is 0. The fourth-order valence-corrected chi connectivity index (χ4v) is 0.929. The molecule has 1 nitrogen and oxygen atoms in total. The summed E-state index contributed by atoms with van der Waals surface area (Å²) in [5.74, 6) is 0. The number of aldehydes is 1. The van der Waals surface area contributed by atoms with Gasteiger partial charge < -0.3 is 4.79 Å². The molecule has 1 heteroatoms. The smallest absolute Gasteiger partial charge is 0.119 e. The van der Waals surface area contributed by atoms with E-state index >= 15 is 0 Å². The fraction of sp³-hybridized carbons (Fsp3) is 0.769. The number of carbonyl (C=O) groups is 1. The van der Waals surface area contributed by atoms with Crippen molar-refractivity contribution >= 4 is 6.29 Å². The third-order valence-corrected chi connectivity index (χ3v) is 1.78. The van der Waals surface area contributed by atoms with Gasteiger partial charge in [-0.3, -0.25) is 0 Å². The number of carbonyl (C=O) groups excluding carboxylic acids is 1. The molecule has 0 amide bonds. The Morgan fingerprint density at radius 2 is 1.57 bits per heavy atom. The molecule has 0 aliphatic heterocycles. The molecule has 0 saturated carbocycles. The van der Waals surface area contributed by atoms with Gasteiger partial charge in [0.25, 0.3) is 0 Å². The number of hydrogen-bond acceptors (Lipinski definition) is 1. The van der Waals surface area contributed by atoms with Crippen molar-refractivity contribution in [3.63, 3.8) is 0 Å². The first kappa shape index (κ1) is 15.9. The van der Waals surface area contributed by atoms with Crippen molar-refractivity contribution in [3.05, 3.63) is 12.2 Å². The summed E-state index contributed by atoms with van der Waals surface area (Å²) < 4.78 is 0. The van der Waals surface area contributed by atoms with Crippen molar-refractivity contribution in [2.75, 3.05) is 0 Å². The molecule has 0 bridgehead atoms. The first-order valence-electron chi connectivity index (χ1n) is 5.92. The Morgan fingerprint density at radius 3 is 2.00 bits per heavy atom. The van der Waals surface area contributed by atoms with E-state index in [-0.39, 0.29) is 0 Å². The molecule has 0 heterocycles. The zero-order valence-electron chi connectivity index (χ0n) is 10.1. The van der Waals surface area contributed by atoms with E-state index in [1.165, 1.54) is 32.1 Å². The van der Waals surface area contributed by atoms with E-state index in [4.69, 9.17) is 0 Å². The Bertz CT molecular complexity index is 116. The molecule has 0 rings (SSSR count). The van der Waals surface area contributed by atoms with Crippen LogP contribution in [0.25, 0.3) is 0 Å². The molecule has 0 aromatic heterocycles. The van der Waals surface area contributed by atoms with Gasteiger partial charge in [-0.2, -0.15) is 0 Å². The topological polar surface area (TPSA) is 17.1 Å². The highest BCUT2D eigenvalue weighted by molar-refractivity contribution is 5.48. The molecule has 0 aromatic rings.